The van der Waals surface area contributed by atoms with E-state index in [0.29, 0.717) is 42.7 Å². The molecule has 2 rings (SSSR count). The molecule has 1 N–H and O–H groups in total. The minimum Gasteiger partial charge on any atom is -0.491 e. The third kappa shape index (κ3) is 4.61. The van der Waals surface area contributed by atoms with Crippen molar-refractivity contribution in [3.63, 3.8) is 0 Å². The van der Waals surface area contributed by atoms with Gasteiger partial charge < -0.3 is 19.3 Å². The number of anilines is 1. The highest BCUT2D eigenvalue weighted by molar-refractivity contribution is 6.03. The van der Waals surface area contributed by atoms with Crippen LogP contribution in [0, 0.1) is 6.92 Å². The second-order valence-corrected chi connectivity index (χ2v) is 4.35. The fraction of sp³-hybridized carbons (Fsp3) is 0.333. The molecular formula is C15H18N2O4. The van der Waals surface area contributed by atoms with Crippen molar-refractivity contribution in [3.8, 4) is 5.75 Å². The van der Waals surface area contributed by atoms with E-state index in [0.717, 1.165) is 0 Å². The van der Waals surface area contributed by atoms with Crippen molar-refractivity contribution >= 4 is 11.7 Å². The fourth-order valence-electron chi connectivity index (χ4n) is 1.70. The van der Waals surface area contributed by atoms with Gasteiger partial charge >= 0.3 is 0 Å². The summed E-state index contributed by atoms with van der Waals surface area (Å²) in [4.78, 5) is 12.1. The SMILES string of the molecule is CCOCCOc1cccc(C(=O)Nc2cc(C)on2)c1. The summed E-state index contributed by atoms with van der Waals surface area (Å²) in [5.41, 5.74) is 0.490. The maximum atomic E-state index is 12.1. The molecule has 0 saturated carbocycles. The zero-order valence-electron chi connectivity index (χ0n) is 12.1. The number of rotatable bonds is 7. The van der Waals surface area contributed by atoms with Crippen molar-refractivity contribution in [1.82, 2.24) is 5.16 Å². The summed E-state index contributed by atoms with van der Waals surface area (Å²) in [6.07, 6.45) is 0. The normalized spacial score (nSPS) is 10.4. The third-order valence-corrected chi connectivity index (χ3v) is 2.67. The van der Waals surface area contributed by atoms with Gasteiger partial charge in [-0.3, -0.25) is 4.79 Å². The number of amides is 1. The van der Waals surface area contributed by atoms with Crippen molar-refractivity contribution < 1.29 is 18.8 Å². The van der Waals surface area contributed by atoms with Gasteiger partial charge in [0, 0.05) is 18.2 Å². The van der Waals surface area contributed by atoms with E-state index >= 15 is 0 Å². The molecule has 1 amide bonds. The van der Waals surface area contributed by atoms with E-state index in [-0.39, 0.29) is 5.91 Å². The molecule has 0 radical (unpaired) electrons. The Morgan fingerprint density at radius 1 is 1.33 bits per heavy atom. The van der Waals surface area contributed by atoms with Gasteiger partial charge in [-0.25, -0.2) is 0 Å². The van der Waals surface area contributed by atoms with Crippen LogP contribution in [0.15, 0.2) is 34.9 Å². The first-order chi connectivity index (χ1) is 10.2. The predicted molar refractivity (Wildman–Crippen MR) is 77.6 cm³/mol. The molecule has 0 unspecified atom stereocenters. The molecule has 6 nitrogen and oxygen atoms in total. The van der Waals surface area contributed by atoms with Gasteiger partial charge in [0.1, 0.15) is 18.1 Å². The molecule has 0 aliphatic carbocycles. The van der Waals surface area contributed by atoms with Gasteiger partial charge in [0.05, 0.1) is 6.61 Å². The number of nitrogens with one attached hydrogen (secondary N) is 1. The monoisotopic (exact) mass is 290 g/mol. The average Bonchev–Trinajstić information content (AvgIpc) is 2.89. The van der Waals surface area contributed by atoms with Crippen molar-refractivity contribution in [2.45, 2.75) is 13.8 Å². The second kappa shape index (κ2) is 7.44. The van der Waals surface area contributed by atoms with E-state index < -0.39 is 0 Å². The first kappa shape index (κ1) is 15.1. The van der Waals surface area contributed by atoms with Gasteiger partial charge in [0.15, 0.2) is 5.82 Å². The Kier molecular flexibility index (Phi) is 5.34. The molecule has 1 heterocycles. The molecule has 6 heteroatoms. The van der Waals surface area contributed by atoms with E-state index in [1.54, 1.807) is 37.3 Å². The lowest BCUT2D eigenvalue weighted by molar-refractivity contribution is 0.102. The Balaban J connectivity index is 1.94. The lowest BCUT2D eigenvalue weighted by Crippen LogP contribution is -2.12. The third-order valence-electron chi connectivity index (χ3n) is 2.67. The highest BCUT2D eigenvalue weighted by Gasteiger charge is 2.09. The molecule has 21 heavy (non-hydrogen) atoms. The van der Waals surface area contributed by atoms with Gasteiger partial charge in [-0.05, 0) is 32.0 Å². The summed E-state index contributed by atoms with van der Waals surface area (Å²) in [6.45, 7) is 5.31. The largest absolute Gasteiger partial charge is 0.491 e. The van der Waals surface area contributed by atoms with Gasteiger partial charge in [0.2, 0.25) is 0 Å². The van der Waals surface area contributed by atoms with E-state index in [1.165, 1.54) is 0 Å². The van der Waals surface area contributed by atoms with Gasteiger partial charge in [-0.1, -0.05) is 11.2 Å². The molecule has 0 saturated heterocycles. The Labute approximate surface area is 123 Å². The standard InChI is InChI=1S/C15H18N2O4/c1-3-19-7-8-20-13-6-4-5-12(10-13)15(18)16-14-9-11(2)21-17-14/h4-6,9-10H,3,7-8H2,1-2H3,(H,16,17,18). The summed E-state index contributed by atoms with van der Waals surface area (Å²) < 4.78 is 15.6. The highest BCUT2D eigenvalue weighted by Crippen LogP contribution is 2.15. The molecule has 1 aromatic carbocycles. The lowest BCUT2D eigenvalue weighted by Gasteiger charge is -2.07. The summed E-state index contributed by atoms with van der Waals surface area (Å²) >= 11 is 0. The molecule has 0 aliphatic rings. The Morgan fingerprint density at radius 2 is 2.19 bits per heavy atom. The van der Waals surface area contributed by atoms with E-state index in [2.05, 4.69) is 10.5 Å². The Hall–Kier alpha value is -2.34. The number of hydrogen-bond donors (Lipinski definition) is 1. The molecule has 0 atom stereocenters. The summed E-state index contributed by atoms with van der Waals surface area (Å²) in [5, 5.41) is 6.38. The van der Waals surface area contributed by atoms with Gasteiger partial charge in [0.25, 0.3) is 5.91 Å². The van der Waals surface area contributed by atoms with E-state index in [9.17, 15) is 4.79 Å². The predicted octanol–water partition coefficient (Wildman–Crippen LogP) is 2.65. The fourth-order valence-corrected chi connectivity index (χ4v) is 1.70. The van der Waals surface area contributed by atoms with Gasteiger partial charge in [-0.15, -0.1) is 0 Å². The van der Waals surface area contributed by atoms with Crippen LogP contribution in [0.25, 0.3) is 0 Å². The van der Waals surface area contributed by atoms with Crippen molar-refractivity contribution in [1.29, 1.82) is 0 Å². The Morgan fingerprint density at radius 3 is 2.90 bits per heavy atom. The lowest BCUT2D eigenvalue weighted by atomic mass is 10.2. The summed E-state index contributed by atoms with van der Waals surface area (Å²) in [6, 6.07) is 8.59. The number of carbonyl (C=O) groups excluding carboxylic acids is 1. The number of hydrogen-bond acceptors (Lipinski definition) is 5. The molecule has 0 aliphatic heterocycles. The van der Waals surface area contributed by atoms with Crippen LogP contribution in [0.4, 0.5) is 5.82 Å². The van der Waals surface area contributed by atoms with Crippen LogP contribution in [0.3, 0.4) is 0 Å². The Bertz CT molecular complexity index is 595. The molecule has 1 aromatic heterocycles. The quantitative estimate of drug-likeness (QED) is 0.793. The summed E-state index contributed by atoms with van der Waals surface area (Å²) in [7, 11) is 0. The summed E-state index contributed by atoms with van der Waals surface area (Å²) in [5.74, 6) is 1.38. The number of aromatic nitrogens is 1. The van der Waals surface area contributed by atoms with Crippen LogP contribution >= 0.6 is 0 Å². The average molecular weight is 290 g/mol. The van der Waals surface area contributed by atoms with Crippen LogP contribution in [-0.4, -0.2) is 30.9 Å². The first-order valence-electron chi connectivity index (χ1n) is 6.74. The maximum absolute atomic E-state index is 12.1. The van der Waals surface area contributed by atoms with Crippen LogP contribution < -0.4 is 10.1 Å². The topological polar surface area (TPSA) is 73.6 Å². The zero-order chi connectivity index (χ0) is 15.1. The maximum Gasteiger partial charge on any atom is 0.257 e. The van der Waals surface area contributed by atoms with Crippen molar-refractivity contribution in [2.24, 2.45) is 0 Å². The molecule has 112 valence electrons. The number of ether oxygens (including phenoxy) is 2. The molecule has 2 aromatic rings. The van der Waals surface area contributed by atoms with Gasteiger partial charge in [-0.2, -0.15) is 0 Å². The van der Waals surface area contributed by atoms with Crippen LogP contribution in [0.5, 0.6) is 5.75 Å². The molecular weight excluding hydrogens is 272 g/mol. The van der Waals surface area contributed by atoms with Crippen molar-refractivity contribution in [2.75, 3.05) is 25.1 Å². The van der Waals surface area contributed by atoms with Crippen LogP contribution in [0.1, 0.15) is 23.0 Å². The van der Waals surface area contributed by atoms with Crippen molar-refractivity contribution in [3.05, 3.63) is 41.7 Å². The number of benzene rings is 1. The van der Waals surface area contributed by atoms with Crippen LogP contribution in [-0.2, 0) is 4.74 Å². The van der Waals surface area contributed by atoms with Crippen LogP contribution in [0.2, 0.25) is 0 Å². The minimum atomic E-state index is -0.265. The molecule has 0 fully saturated rings. The first-order valence-corrected chi connectivity index (χ1v) is 6.74. The zero-order valence-corrected chi connectivity index (χ0v) is 12.1. The van der Waals surface area contributed by atoms with E-state index in [4.69, 9.17) is 14.0 Å². The number of aryl methyl sites for hydroxylation is 1. The smallest absolute Gasteiger partial charge is 0.257 e. The number of nitrogens with zero attached hydrogens (tertiary/aromatic N) is 1. The van der Waals surface area contributed by atoms with E-state index in [1.807, 2.05) is 6.92 Å². The second-order valence-electron chi connectivity index (χ2n) is 4.35. The molecule has 0 spiro atoms. The highest BCUT2D eigenvalue weighted by atomic mass is 16.5. The number of carbonyl (C=O) groups is 1. The molecule has 0 bridgehead atoms. The minimum absolute atomic E-state index is 0.265.